The number of rotatable bonds is 7. The van der Waals surface area contributed by atoms with Crippen molar-refractivity contribution in [3.05, 3.63) is 87.3 Å². The summed E-state index contributed by atoms with van der Waals surface area (Å²) in [4.78, 5) is 37.5. The van der Waals surface area contributed by atoms with Gasteiger partial charge < -0.3 is 15.2 Å². The molecule has 0 unspecified atom stereocenters. The van der Waals surface area contributed by atoms with E-state index in [2.05, 4.69) is 20.3 Å². The molecule has 1 amide bonds. The van der Waals surface area contributed by atoms with Gasteiger partial charge in [0, 0.05) is 36.8 Å². The Hall–Kier alpha value is -4.21. The molecule has 0 radical (unpaired) electrons. The van der Waals surface area contributed by atoms with Crippen LogP contribution in [0.2, 0.25) is 0 Å². The van der Waals surface area contributed by atoms with E-state index in [4.69, 9.17) is 0 Å². The fraction of sp³-hybridized carbons (Fsp3) is 0.259. The number of alkyl halides is 2. The summed E-state index contributed by atoms with van der Waals surface area (Å²) in [5.41, 5.74) is 1.46. The van der Waals surface area contributed by atoms with Crippen molar-refractivity contribution < 1.29 is 18.0 Å². The summed E-state index contributed by atoms with van der Waals surface area (Å²) in [5.74, 6) is -0.272. The Bertz CT molecular complexity index is 1530. The number of anilines is 1. The molecule has 1 atom stereocenters. The molecular formula is C27H26F3N5O2. The first-order valence-electron chi connectivity index (χ1n) is 11.6. The van der Waals surface area contributed by atoms with Crippen LogP contribution < -0.4 is 10.9 Å². The van der Waals surface area contributed by atoms with Crippen molar-refractivity contribution in [2.24, 2.45) is 0 Å². The highest BCUT2D eigenvalue weighted by Gasteiger charge is 2.20. The standard InChI is InChI=1S/C27H26F3N5O2/c1-14(19-6-5-7-20(24(19)28)25(29)30)32-26-21-11-16(8-9-22(21)33-15(2)34-26)18-10-17(27(37)31-13-18)12-23(36)35(3)4/h5-11,13-14,25H,12H2,1-4H3,(H,31,37)(H,32,33,34)/t14-/m1/s1. The lowest BCUT2D eigenvalue weighted by Crippen LogP contribution is -2.26. The first-order valence-corrected chi connectivity index (χ1v) is 11.6. The molecular weight excluding hydrogens is 483 g/mol. The summed E-state index contributed by atoms with van der Waals surface area (Å²) < 4.78 is 41.2. The van der Waals surface area contributed by atoms with Crippen molar-refractivity contribution in [1.82, 2.24) is 19.9 Å². The second-order valence-electron chi connectivity index (χ2n) is 8.98. The molecule has 0 saturated carbocycles. The third kappa shape index (κ3) is 5.47. The topological polar surface area (TPSA) is 91.0 Å². The molecule has 0 spiro atoms. The van der Waals surface area contributed by atoms with E-state index in [1.54, 1.807) is 46.3 Å². The highest BCUT2D eigenvalue weighted by molar-refractivity contribution is 5.93. The lowest BCUT2D eigenvalue weighted by Gasteiger charge is -2.19. The Kier molecular flexibility index (Phi) is 7.28. The van der Waals surface area contributed by atoms with Crippen LogP contribution in [-0.4, -0.2) is 39.9 Å². The van der Waals surface area contributed by atoms with Crippen LogP contribution in [0.4, 0.5) is 19.0 Å². The van der Waals surface area contributed by atoms with Gasteiger partial charge in [-0.1, -0.05) is 24.3 Å². The van der Waals surface area contributed by atoms with Crippen molar-refractivity contribution in [1.29, 1.82) is 0 Å². The van der Waals surface area contributed by atoms with Crippen LogP contribution in [0.25, 0.3) is 22.0 Å². The van der Waals surface area contributed by atoms with E-state index in [1.165, 1.54) is 17.0 Å². The van der Waals surface area contributed by atoms with E-state index in [9.17, 15) is 22.8 Å². The van der Waals surface area contributed by atoms with Crippen molar-refractivity contribution in [2.75, 3.05) is 19.4 Å². The average Bonchev–Trinajstić information content (AvgIpc) is 2.84. The Morgan fingerprint density at radius 2 is 1.81 bits per heavy atom. The van der Waals surface area contributed by atoms with E-state index in [-0.39, 0.29) is 23.5 Å². The number of carbonyl (C=O) groups is 1. The van der Waals surface area contributed by atoms with Crippen LogP contribution in [0, 0.1) is 12.7 Å². The summed E-state index contributed by atoms with van der Waals surface area (Å²) in [7, 11) is 3.24. The monoisotopic (exact) mass is 509 g/mol. The van der Waals surface area contributed by atoms with Crippen LogP contribution in [0.15, 0.2) is 53.5 Å². The highest BCUT2D eigenvalue weighted by atomic mass is 19.3. The maximum Gasteiger partial charge on any atom is 0.266 e. The predicted molar refractivity (Wildman–Crippen MR) is 136 cm³/mol. The number of benzene rings is 2. The van der Waals surface area contributed by atoms with Gasteiger partial charge in [0.15, 0.2) is 0 Å². The van der Waals surface area contributed by atoms with Gasteiger partial charge in [-0.05, 0) is 43.2 Å². The molecule has 10 heteroatoms. The van der Waals surface area contributed by atoms with Gasteiger partial charge in [-0.2, -0.15) is 0 Å². The van der Waals surface area contributed by atoms with E-state index in [1.807, 2.05) is 12.1 Å². The zero-order valence-electron chi connectivity index (χ0n) is 20.8. The third-order valence-corrected chi connectivity index (χ3v) is 6.07. The number of halogens is 3. The number of aromatic amines is 1. The maximum absolute atomic E-state index is 14.8. The van der Waals surface area contributed by atoms with Crippen LogP contribution in [0.1, 0.15) is 41.9 Å². The normalized spacial score (nSPS) is 12.1. The molecule has 192 valence electrons. The van der Waals surface area contributed by atoms with Gasteiger partial charge in [-0.3, -0.25) is 9.59 Å². The number of nitrogens with zero attached hydrogens (tertiary/aromatic N) is 3. The number of aryl methyl sites for hydroxylation is 1. The molecule has 0 aliphatic carbocycles. The van der Waals surface area contributed by atoms with Crippen LogP contribution in [0.3, 0.4) is 0 Å². The van der Waals surface area contributed by atoms with Gasteiger partial charge >= 0.3 is 0 Å². The number of nitrogens with one attached hydrogen (secondary N) is 2. The minimum atomic E-state index is -2.92. The first-order chi connectivity index (χ1) is 17.5. The molecule has 0 saturated heterocycles. The van der Waals surface area contributed by atoms with E-state index >= 15 is 0 Å². The molecule has 2 aromatic heterocycles. The SMILES string of the molecule is Cc1nc(N[C@H](C)c2cccc(C(F)F)c2F)c2cc(-c3c[nH]c(=O)c(CC(=O)N(C)C)c3)ccc2n1. The van der Waals surface area contributed by atoms with Crippen LogP contribution >= 0.6 is 0 Å². The van der Waals surface area contributed by atoms with E-state index < -0.39 is 23.8 Å². The number of pyridine rings is 1. The second-order valence-corrected chi connectivity index (χ2v) is 8.98. The van der Waals surface area contributed by atoms with Gasteiger partial charge in [0.1, 0.15) is 17.5 Å². The van der Waals surface area contributed by atoms with Crippen molar-refractivity contribution in [3.63, 3.8) is 0 Å². The van der Waals surface area contributed by atoms with Crippen LogP contribution in [0.5, 0.6) is 0 Å². The van der Waals surface area contributed by atoms with Gasteiger partial charge in [-0.25, -0.2) is 23.1 Å². The summed E-state index contributed by atoms with van der Waals surface area (Å²) >= 11 is 0. The molecule has 2 aromatic carbocycles. The number of likely N-dealkylation sites (N-methyl/N-ethyl adjacent to an activating group) is 1. The minimum Gasteiger partial charge on any atom is -0.363 e. The Morgan fingerprint density at radius 1 is 1.08 bits per heavy atom. The molecule has 0 aliphatic heterocycles. The van der Waals surface area contributed by atoms with Gasteiger partial charge in [0.2, 0.25) is 5.91 Å². The summed E-state index contributed by atoms with van der Waals surface area (Å²) in [6.07, 6.45) is -1.41. The summed E-state index contributed by atoms with van der Waals surface area (Å²) in [6.45, 7) is 3.38. The second kappa shape index (κ2) is 10.4. The van der Waals surface area contributed by atoms with Gasteiger partial charge in [-0.15, -0.1) is 0 Å². The number of hydrogen-bond donors (Lipinski definition) is 2. The summed E-state index contributed by atoms with van der Waals surface area (Å²) in [6, 6.07) is 10.4. The lowest BCUT2D eigenvalue weighted by molar-refractivity contribution is -0.127. The summed E-state index contributed by atoms with van der Waals surface area (Å²) in [5, 5.41) is 3.77. The predicted octanol–water partition coefficient (Wildman–Crippen LogP) is 5.17. The molecule has 2 heterocycles. The maximum atomic E-state index is 14.8. The fourth-order valence-corrected chi connectivity index (χ4v) is 4.04. The number of carbonyl (C=O) groups excluding carboxylic acids is 1. The van der Waals surface area contributed by atoms with E-state index in [0.717, 1.165) is 11.6 Å². The van der Waals surface area contributed by atoms with Crippen molar-refractivity contribution in [2.45, 2.75) is 32.7 Å². The Morgan fingerprint density at radius 3 is 2.51 bits per heavy atom. The molecule has 4 rings (SSSR count). The number of aromatic nitrogens is 3. The Labute approximate surface area is 211 Å². The zero-order valence-corrected chi connectivity index (χ0v) is 20.8. The number of H-pyrrole nitrogens is 1. The quantitative estimate of drug-likeness (QED) is 0.359. The largest absolute Gasteiger partial charge is 0.363 e. The molecule has 0 aliphatic rings. The average molecular weight is 510 g/mol. The molecule has 4 aromatic rings. The lowest BCUT2D eigenvalue weighted by atomic mass is 10.0. The number of amides is 1. The highest BCUT2D eigenvalue weighted by Crippen LogP contribution is 2.32. The smallest absolute Gasteiger partial charge is 0.266 e. The molecule has 2 N–H and O–H groups in total. The third-order valence-electron chi connectivity index (χ3n) is 6.07. The van der Waals surface area contributed by atoms with Crippen molar-refractivity contribution in [3.8, 4) is 11.1 Å². The Balaban J connectivity index is 1.74. The molecule has 37 heavy (non-hydrogen) atoms. The number of fused-ring (bicyclic) bond motifs is 1. The molecule has 7 nitrogen and oxygen atoms in total. The van der Waals surface area contributed by atoms with Crippen molar-refractivity contribution >= 4 is 22.6 Å². The molecule has 0 fully saturated rings. The van der Waals surface area contributed by atoms with E-state index in [0.29, 0.717) is 33.7 Å². The zero-order chi connectivity index (χ0) is 26.9. The minimum absolute atomic E-state index is 0.0420. The fourth-order valence-electron chi connectivity index (χ4n) is 4.04. The van der Waals surface area contributed by atoms with Gasteiger partial charge in [0.25, 0.3) is 12.0 Å². The molecule has 0 bridgehead atoms. The number of hydrogen-bond acceptors (Lipinski definition) is 5. The van der Waals surface area contributed by atoms with Gasteiger partial charge in [0.05, 0.1) is 23.5 Å². The van der Waals surface area contributed by atoms with Crippen LogP contribution in [-0.2, 0) is 11.2 Å². The first kappa shape index (κ1) is 25.9.